The molecule has 5 nitrogen and oxygen atoms in total. The summed E-state index contributed by atoms with van der Waals surface area (Å²) in [5.74, 6) is 1.35. The summed E-state index contributed by atoms with van der Waals surface area (Å²) in [6, 6.07) is 14.8. The second-order valence-corrected chi connectivity index (χ2v) is 5.95. The number of hydrogen-bond acceptors (Lipinski definition) is 3. The minimum atomic E-state index is -0.371. The number of amides is 1. The van der Waals surface area contributed by atoms with Crippen molar-refractivity contribution in [3.63, 3.8) is 0 Å². The molecule has 0 aliphatic heterocycles. The van der Waals surface area contributed by atoms with Crippen molar-refractivity contribution >= 4 is 5.91 Å². The normalized spacial score (nSPS) is 11.8. The highest BCUT2D eigenvalue weighted by Crippen LogP contribution is 2.24. The minimum Gasteiger partial charge on any atom is -0.497 e. The predicted molar refractivity (Wildman–Crippen MR) is 96.7 cm³/mol. The number of rotatable bonds is 5. The number of methoxy groups -OCH3 is 1. The van der Waals surface area contributed by atoms with Gasteiger partial charge in [-0.3, -0.25) is 4.79 Å². The van der Waals surface area contributed by atoms with Gasteiger partial charge in [-0.2, -0.15) is 0 Å². The molecule has 1 N–H and O–H groups in total. The molecule has 1 aromatic heterocycles. The van der Waals surface area contributed by atoms with Crippen molar-refractivity contribution in [1.82, 2.24) is 14.9 Å². The molecule has 0 bridgehead atoms. The maximum atomic E-state index is 12.7. The quantitative estimate of drug-likeness (QED) is 0.779. The van der Waals surface area contributed by atoms with Crippen LogP contribution in [-0.4, -0.2) is 22.6 Å². The number of carbonyl (C=O) groups excluding carboxylic acids is 1. The van der Waals surface area contributed by atoms with Gasteiger partial charge in [0, 0.05) is 25.0 Å². The summed E-state index contributed by atoms with van der Waals surface area (Å²) >= 11 is 0. The average Bonchev–Trinajstić information content (AvgIpc) is 3.06. The van der Waals surface area contributed by atoms with E-state index in [0.717, 1.165) is 22.7 Å². The molecule has 25 heavy (non-hydrogen) atoms. The molecule has 0 saturated carbocycles. The highest BCUT2D eigenvalue weighted by Gasteiger charge is 2.21. The van der Waals surface area contributed by atoms with Crippen LogP contribution in [0.5, 0.6) is 5.75 Å². The number of carbonyl (C=O) groups is 1. The van der Waals surface area contributed by atoms with Gasteiger partial charge in [-0.15, -0.1) is 0 Å². The Hall–Kier alpha value is -3.08. The Morgan fingerprint density at radius 2 is 1.96 bits per heavy atom. The summed E-state index contributed by atoms with van der Waals surface area (Å²) in [5.41, 5.74) is 2.65. The first-order valence-electron chi connectivity index (χ1n) is 8.07. The molecule has 1 heterocycles. The number of aromatic nitrogens is 2. The summed E-state index contributed by atoms with van der Waals surface area (Å²) < 4.78 is 7.22. The van der Waals surface area contributed by atoms with E-state index in [1.807, 2.05) is 73.3 Å². The van der Waals surface area contributed by atoms with E-state index in [4.69, 9.17) is 4.74 Å². The van der Waals surface area contributed by atoms with Crippen LogP contribution < -0.4 is 10.1 Å². The molecular weight excluding hydrogens is 314 g/mol. The number of aryl methyl sites for hydroxylation is 2. The number of imidazole rings is 1. The largest absolute Gasteiger partial charge is 0.497 e. The van der Waals surface area contributed by atoms with E-state index >= 15 is 0 Å². The lowest BCUT2D eigenvalue weighted by Gasteiger charge is -2.20. The van der Waals surface area contributed by atoms with Crippen LogP contribution in [0.3, 0.4) is 0 Å². The van der Waals surface area contributed by atoms with E-state index in [1.54, 1.807) is 13.3 Å². The van der Waals surface area contributed by atoms with E-state index in [2.05, 4.69) is 10.3 Å². The van der Waals surface area contributed by atoms with Crippen molar-refractivity contribution < 1.29 is 9.53 Å². The van der Waals surface area contributed by atoms with Crippen molar-refractivity contribution in [2.75, 3.05) is 7.11 Å². The van der Waals surface area contributed by atoms with E-state index in [-0.39, 0.29) is 11.9 Å². The second-order valence-electron chi connectivity index (χ2n) is 5.95. The summed E-state index contributed by atoms with van der Waals surface area (Å²) in [6.45, 7) is 1.99. The van der Waals surface area contributed by atoms with Gasteiger partial charge in [0.25, 0.3) is 5.91 Å². The molecule has 0 radical (unpaired) electrons. The first-order valence-corrected chi connectivity index (χ1v) is 8.07. The number of nitrogens with zero attached hydrogens (tertiary/aromatic N) is 2. The van der Waals surface area contributed by atoms with Crippen LogP contribution in [0.2, 0.25) is 0 Å². The molecule has 2 aromatic carbocycles. The van der Waals surface area contributed by atoms with Crippen molar-refractivity contribution in [3.05, 3.63) is 83.4 Å². The Labute approximate surface area is 147 Å². The Morgan fingerprint density at radius 3 is 2.60 bits per heavy atom. The van der Waals surface area contributed by atoms with E-state index < -0.39 is 0 Å². The van der Waals surface area contributed by atoms with Crippen LogP contribution >= 0.6 is 0 Å². The van der Waals surface area contributed by atoms with Crippen LogP contribution in [-0.2, 0) is 7.05 Å². The number of nitrogens with one attached hydrogen (secondary N) is 1. The summed E-state index contributed by atoms with van der Waals surface area (Å²) in [6.07, 6.45) is 3.58. The molecule has 1 unspecified atom stereocenters. The van der Waals surface area contributed by atoms with Gasteiger partial charge in [0.05, 0.1) is 7.11 Å². The zero-order chi connectivity index (χ0) is 17.8. The number of hydrogen-bond donors (Lipinski definition) is 1. The molecule has 0 saturated heterocycles. The molecular formula is C20H21N3O2. The van der Waals surface area contributed by atoms with Crippen molar-refractivity contribution in [2.45, 2.75) is 13.0 Å². The SMILES string of the molecule is COc1cccc(C(NC(=O)c2ccc(C)cc2)c2nccn2C)c1. The first kappa shape index (κ1) is 16.8. The molecule has 3 rings (SSSR count). The highest BCUT2D eigenvalue weighted by molar-refractivity contribution is 5.94. The van der Waals surface area contributed by atoms with Crippen LogP contribution in [0.4, 0.5) is 0 Å². The zero-order valence-electron chi connectivity index (χ0n) is 14.6. The third kappa shape index (κ3) is 3.71. The van der Waals surface area contributed by atoms with Crippen molar-refractivity contribution in [3.8, 4) is 5.75 Å². The number of ether oxygens (including phenoxy) is 1. The Morgan fingerprint density at radius 1 is 1.20 bits per heavy atom. The third-order valence-electron chi connectivity index (χ3n) is 4.13. The molecule has 0 spiro atoms. The number of benzene rings is 2. The fourth-order valence-electron chi connectivity index (χ4n) is 2.69. The van der Waals surface area contributed by atoms with E-state index in [9.17, 15) is 4.79 Å². The smallest absolute Gasteiger partial charge is 0.252 e. The summed E-state index contributed by atoms with van der Waals surface area (Å²) in [4.78, 5) is 17.1. The predicted octanol–water partition coefficient (Wildman–Crippen LogP) is 3.26. The third-order valence-corrected chi connectivity index (χ3v) is 4.13. The second kappa shape index (κ2) is 7.21. The standard InChI is InChI=1S/C20H21N3O2/c1-14-7-9-15(10-8-14)20(24)22-18(19-21-11-12-23(19)2)16-5-4-6-17(13-16)25-3/h4-13,18H,1-3H3,(H,22,24). The molecule has 1 amide bonds. The van der Waals surface area contributed by atoms with E-state index in [1.165, 1.54) is 0 Å². The molecule has 0 fully saturated rings. The Kier molecular flexibility index (Phi) is 4.84. The highest BCUT2D eigenvalue weighted by atomic mass is 16.5. The zero-order valence-corrected chi connectivity index (χ0v) is 14.6. The first-order chi connectivity index (χ1) is 12.1. The van der Waals surface area contributed by atoms with Gasteiger partial charge in [0.15, 0.2) is 0 Å². The summed E-state index contributed by atoms with van der Waals surface area (Å²) in [7, 11) is 3.54. The van der Waals surface area contributed by atoms with Gasteiger partial charge in [0.2, 0.25) is 0 Å². The van der Waals surface area contributed by atoms with Gasteiger partial charge in [-0.1, -0.05) is 29.8 Å². The van der Waals surface area contributed by atoms with Crippen LogP contribution in [0.25, 0.3) is 0 Å². The lowest BCUT2D eigenvalue weighted by atomic mass is 10.0. The maximum absolute atomic E-state index is 12.7. The van der Waals surface area contributed by atoms with Gasteiger partial charge >= 0.3 is 0 Å². The van der Waals surface area contributed by atoms with Crippen LogP contribution in [0, 0.1) is 6.92 Å². The molecule has 3 aromatic rings. The average molecular weight is 335 g/mol. The molecule has 128 valence electrons. The van der Waals surface area contributed by atoms with Gasteiger partial charge in [0.1, 0.15) is 17.6 Å². The monoisotopic (exact) mass is 335 g/mol. The van der Waals surface area contributed by atoms with Crippen molar-refractivity contribution in [2.24, 2.45) is 7.05 Å². The molecule has 5 heteroatoms. The van der Waals surface area contributed by atoms with Crippen molar-refractivity contribution in [1.29, 1.82) is 0 Å². The molecule has 0 aliphatic carbocycles. The summed E-state index contributed by atoms with van der Waals surface area (Å²) in [5, 5.41) is 3.09. The van der Waals surface area contributed by atoms with Gasteiger partial charge < -0.3 is 14.6 Å². The van der Waals surface area contributed by atoms with Gasteiger partial charge in [-0.25, -0.2) is 4.98 Å². The van der Waals surface area contributed by atoms with Crippen LogP contribution in [0.15, 0.2) is 60.9 Å². The minimum absolute atomic E-state index is 0.143. The Bertz CT molecular complexity index is 869. The molecule has 1 atom stereocenters. The van der Waals surface area contributed by atoms with Gasteiger partial charge in [-0.05, 0) is 36.8 Å². The lowest BCUT2D eigenvalue weighted by Crippen LogP contribution is -2.31. The lowest BCUT2D eigenvalue weighted by molar-refractivity contribution is 0.0941. The van der Waals surface area contributed by atoms with E-state index in [0.29, 0.717) is 5.56 Å². The topological polar surface area (TPSA) is 56.1 Å². The fourth-order valence-corrected chi connectivity index (χ4v) is 2.69. The van der Waals surface area contributed by atoms with Crippen LogP contribution in [0.1, 0.15) is 33.4 Å². The maximum Gasteiger partial charge on any atom is 0.252 e. The Balaban J connectivity index is 1.95. The molecule has 0 aliphatic rings. The fraction of sp³-hybridized carbons (Fsp3) is 0.200.